The first-order valence-corrected chi connectivity index (χ1v) is 16.8. The van der Waals surface area contributed by atoms with Crippen LogP contribution in [0.4, 0.5) is 0 Å². The maximum absolute atomic E-state index is 6.63. The molecule has 3 heterocycles. The summed E-state index contributed by atoms with van der Waals surface area (Å²) in [5, 5.41) is 9.67. The largest absolute Gasteiger partial charge is 0.456 e. The van der Waals surface area contributed by atoms with Crippen molar-refractivity contribution in [2.24, 2.45) is 9.98 Å². The molecule has 7 aromatic carbocycles. The van der Waals surface area contributed by atoms with Crippen LogP contribution in [0.1, 0.15) is 22.9 Å². The molecular formula is C45H29N4O-. The van der Waals surface area contributed by atoms with Gasteiger partial charge in [-0.3, -0.25) is 4.99 Å². The molecule has 0 radical (unpaired) electrons. The van der Waals surface area contributed by atoms with Gasteiger partial charge in [-0.05, 0) is 70.3 Å². The summed E-state index contributed by atoms with van der Waals surface area (Å²) in [6.07, 6.45) is -0.481. The molecule has 0 bridgehead atoms. The van der Waals surface area contributed by atoms with E-state index in [9.17, 15) is 0 Å². The Bertz CT molecular complexity index is 2780. The molecule has 0 spiro atoms. The molecule has 1 aliphatic heterocycles. The van der Waals surface area contributed by atoms with E-state index in [-0.39, 0.29) is 0 Å². The number of para-hydroxylation sites is 2. The van der Waals surface area contributed by atoms with E-state index >= 15 is 0 Å². The second-order valence-electron chi connectivity index (χ2n) is 12.6. The van der Waals surface area contributed by atoms with Crippen LogP contribution >= 0.6 is 0 Å². The minimum atomic E-state index is -0.481. The fraction of sp³-hybridized carbons (Fsp3) is 0.0222. The standard InChI is InChI=1S/C45H29N4O/c1-4-14-29(15-5-1)31-18-12-19-32(28-31)44-46-43(30-16-6-2-7-17-30)47-45(48-44)36-23-13-25-38-40(36)41-39(50-38)27-26-35-34-22-10-11-24-37(34)49(42(35)41)33-20-8-3-9-21-33/h1-28,44H/q-1. The minimum absolute atomic E-state index is 0.481. The van der Waals surface area contributed by atoms with Crippen LogP contribution in [-0.2, 0) is 0 Å². The van der Waals surface area contributed by atoms with E-state index < -0.39 is 6.17 Å². The Morgan fingerprint density at radius 2 is 1.22 bits per heavy atom. The molecule has 5 heteroatoms. The molecule has 236 valence electrons. The van der Waals surface area contributed by atoms with Gasteiger partial charge < -0.3 is 19.3 Å². The minimum Gasteiger partial charge on any atom is -0.456 e. The Morgan fingerprint density at radius 1 is 0.540 bits per heavy atom. The summed E-state index contributed by atoms with van der Waals surface area (Å²) >= 11 is 0. The van der Waals surface area contributed by atoms with E-state index in [4.69, 9.17) is 19.7 Å². The lowest BCUT2D eigenvalue weighted by Gasteiger charge is -2.33. The van der Waals surface area contributed by atoms with Gasteiger partial charge in [0, 0.05) is 21.8 Å². The number of aromatic nitrogens is 1. The first-order chi connectivity index (χ1) is 24.8. The molecule has 0 N–H and O–H groups in total. The number of hydrogen-bond donors (Lipinski definition) is 0. The van der Waals surface area contributed by atoms with Crippen molar-refractivity contribution in [1.29, 1.82) is 0 Å². The average molecular weight is 642 g/mol. The third kappa shape index (κ3) is 4.55. The molecule has 50 heavy (non-hydrogen) atoms. The topological polar surface area (TPSA) is 56.9 Å². The van der Waals surface area contributed by atoms with E-state index in [1.165, 1.54) is 10.8 Å². The summed E-state index contributed by atoms with van der Waals surface area (Å²) in [4.78, 5) is 10.3. The van der Waals surface area contributed by atoms with Gasteiger partial charge in [-0.25, -0.2) is 0 Å². The molecule has 0 saturated heterocycles. The predicted octanol–water partition coefficient (Wildman–Crippen LogP) is 11.6. The molecular weight excluding hydrogens is 613 g/mol. The van der Waals surface area contributed by atoms with Gasteiger partial charge in [-0.1, -0.05) is 133 Å². The molecule has 10 rings (SSSR count). The van der Waals surface area contributed by atoms with E-state index in [0.29, 0.717) is 11.7 Å². The summed E-state index contributed by atoms with van der Waals surface area (Å²) in [5.41, 5.74) is 10.1. The fourth-order valence-electron chi connectivity index (χ4n) is 7.32. The maximum atomic E-state index is 6.63. The van der Waals surface area contributed by atoms with Crippen molar-refractivity contribution in [3.63, 3.8) is 0 Å². The molecule has 1 aliphatic rings. The van der Waals surface area contributed by atoms with Crippen LogP contribution in [0.15, 0.2) is 184 Å². The lowest BCUT2D eigenvalue weighted by atomic mass is 10.0. The van der Waals surface area contributed by atoms with Crippen LogP contribution in [0.3, 0.4) is 0 Å². The van der Waals surface area contributed by atoms with Gasteiger partial charge in [0.2, 0.25) is 0 Å². The van der Waals surface area contributed by atoms with Crippen molar-refractivity contribution < 1.29 is 4.42 Å². The zero-order valence-corrected chi connectivity index (χ0v) is 26.9. The van der Waals surface area contributed by atoms with Crippen molar-refractivity contribution in [3.05, 3.63) is 192 Å². The first kappa shape index (κ1) is 28.3. The number of fused-ring (bicyclic) bond motifs is 7. The summed E-state index contributed by atoms with van der Waals surface area (Å²) < 4.78 is 8.98. The van der Waals surface area contributed by atoms with Gasteiger partial charge in [-0.15, -0.1) is 0 Å². The van der Waals surface area contributed by atoms with Gasteiger partial charge in [0.1, 0.15) is 11.2 Å². The third-order valence-corrected chi connectivity index (χ3v) is 9.57. The quantitative estimate of drug-likeness (QED) is 0.184. The number of hydrogen-bond acceptors (Lipinski definition) is 3. The Hall–Kier alpha value is -6.72. The fourth-order valence-corrected chi connectivity index (χ4v) is 7.32. The third-order valence-electron chi connectivity index (χ3n) is 9.57. The van der Waals surface area contributed by atoms with Crippen LogP contribution in [0, 0.1) is 0 Å². The number of benzene rings is 7. The van der Waals surface area contributed by atoms with Gasteiger partial charge >= 0.3 is 0 Å². The smallest absolute Gasteiger partial charge is 0.137 e. The molecule has 1 unspecified atom stereocenters. The van der Waals surface area contributed by atoms with Crippen LogP contribution in [0.5, 0.6) is 0 Å². The highest BCUT2D eigenvalue weighted by atomic mass is 16.3. The summed E-state index contributed by atoms with van der Waals surface area (Å²) in [6, 6.07) is 58.7. The molecule has 5 nitrogen and oxygen atoms in total. The van der Waals surface area contributed by atoms with Crippen molar-refractivity contribution in [2.75, 3.05) is 0 Å². The lowest BCUT2D eigenvalue weighted by Crippen LogP contribution is -2.16. The van der Waals surface area contributed by atoms with E-state index in [1.54, 1.807) is 0 Å². The SMILES string of the molecule is c1ccc(C2=NC(c3cccc(-c4ccccc4)c3)[N-]C(c3cccc4oc5ccc6c7ccccc7n(-c7ccccc7)c6c5c34)=N2)cc1. The average Bonchev–Trinajstić information content (AvgIpc) is 3.75. The Morgan fingerprint density at radius 3 is 2.04 bits per heavy atom. The molecule has 0 saturated carbocycles. The van der Waals surface area contributed by atoms with Gasteiger partial charge in [-0.2, -0.15) is 0 Å². The van der Waals surface area contributed by atoms with Crippen molar-refractivity contribution in [3.8, 4) is 16.8 Å². The molecule has 2 aromatic heterocycles. The number of rotatable bonds is 5. The van der Waals surface area contributed by atoms with Crippen molar-refractivity contribution in [2.45, 2.75) is 6.17 Å². The molecule has 1 atom stereocenters. The van der Waals surface area contributed by atoms with Crippen LogP contribution in [-0.4, -0.2) is 16.2 Å². The second-order valence-corrected chi connectivity index (χ2v) is 12.6. The summed E-state index contributed by atoms with van der Waals surface area (Å²) in [5.74, 6) is 1.28. The number of amidine groups is 2. The van der Waals surface area contributed by atoms with E-state index in [2.05, 4.69) is 138 Å². The number of aliphatic imine (C=N–C) groups is 2. The van der Waals surface area contributed by atoms with Crippen LogP contribution in [0.25, 0.3) is 65.9 Å². The normalized spacial score (nSPS) is 14.6. The van der Waals surface area contributed by atoms with Gasteiger partial charge in [0.25, 0.3) is 0 Å². The maximum Gasteiger partial charge on any atom is 0.137 e. The van der Waals surface area contributed by atoms with Crippen molar-refractivity contribution in [1.82, 2.24) is 4.57 Å². The molecule has 0 amide bonds. The van der Waals surface area contributed by atoms with E-state index in [1.807, 2.05) is 36.4 Å². The van der Waals surface area contributed by atoms with Gasteiger partial charge in [0.05, 0.1) is 28.4 Å². The van der Waals surface area contributed by atoms with Crippen LogP contribution in [0.2, 0.25) is 0 Å². The number of furan rings is 1. The summed E-state index contributed by atoms with van der Waals surface area (Å²) in [7, 11) is 0. The second kappa shape index (κ2) is 11.5. The summed E-state index contributed by atoms with van der Waals surface area (Å²) in [6.45, 7) is 0. The Balaban J connectivity index is 1.22. The highest BCUT2D eigenvalue weighted by Crippen LogP contribution is 2.43. The molecule has 9 aromatic rings. The highest BCUT2D eigenvalue weighted by Gasteiger charge is 2.22. The lowest BCUT2D eigenvalue weighted by molar-refractivity contribution is 0.669. The zero-order chi connectivity index (χ0) is 33.0. The Labute approximate surface area is 288 Å². The molecule has 0 aliphatic carbocycles. The van der Waals surface area contributed by atoms with Crippen molar-refractivity contribution >= 4 is 55.4 Å². The highest BCUT2D eigenvalue weighted by molar-refractivity contribution is 6.31. The molecule has 0 fully saturated rings. The number of nitrogens with zero attached hydrogens (tertiary/aromatic N) is 4. The zero-order valence-electron chi connectivity index (χ0n) is 26.9. The first-order valence-electron chi connectivity index (χ1n) is 16.8. The monoisotopic (exact) mass is 641 g/mol. The predicted molar refractivity (Wildman–Crippen MR) is 206 cm³/mol. The van der Waals surface area contributed by atoms with E-state index in [0.717, 1.165) is 66.5 Å². The van der Waals surface area contributed by atoms with Crippen LogP contribution < -0.4 is 0 Å². The Kier molecular flexibility index (Phi) is 6.49. The van der Waals surface area contributed by atoms with Gasteiger partial charge in [0.15, 0.2) is 0 Å².